The molecular formula is C26H20F3N5O2. The second-order valence-electron chi connectivity index (χ2n) is 7.50. The summed E-state index contributed by atoms with van der Waals surface area (Å²) in [4.78, 5) is 25.7. The van der Waals surface area contributed by atoms with Gasteiger partial charge < -0.3 is 15.4 Å². The molecule has 0 aliphatic carbocycles. The molecule has 0 radical (unpaired) electrons. The molecule has 36 heavy (non-hydrogen) atoms. The van der Waals surface area contributed by atoms with Crippen LogP contribution in [-0.2, 0) is 6.18 Å². The highest BCUT2D eigenvalue weighted by atomic mass is 19.4. The van der Waals surface area contributed by atoms with Gasteiger partial charge in [-0.25, -0.2) is 15.0 Å². The van der Waals surface area contributed by atoms with Crippen molar-refractivity contribution in [2.75, 3.05) is 17.7 Å². The highest BCUT2D eigenvalue weighted by Gasteiger charge is 2.30. The minimum Gasteiger partial charge on any atom is -0.438 e. The number of amides is 1. The molecule has 0 unspecified atom stereocenters. The number of alkyl halides is 3. The van der Waals surface area contributed by atoms with E-state index in [1.165, 1.54) is 24.3 Å². The van der Waals surface area contributed by atoms with E-state index in [1.807, 2.05) is 0 Å². The van der Waals surface area contributed by atoms with Gasteiger partial charge in [0.1, 0.15) is 5.75 Å². The number of hydrogen-bond donors (Lipinski definition) is 2. The normalized spacial score (nSPS) is 11.0. The van der Waals surface area contributed by atoms with Crippen LogP contribution in [0.4, 0.5) is 24.8 Å². The predicted octanol–water partition coefficient (Wildman–Crippen LogP) is 6.29. The van der Waals surface area contributed by atoms with E-state index in [-0.39, 0.29) is 22.9 Å². The fourth-order valence-electron chi connectivity index (χ4n) is 3.31. The summed E-state index contributed by atoms with van der Waals surface area (Å²) in [7, 11) is 1.70. The van der Waals surface area contributed by atoms with E-state index in [1.54, 1.807) is 49.8 Å². The summed E-state index contributed by atoms with van der Waals surface area (Å²) in [5, 5.41) is 5.37. The van der Waals surface area contributed by atoms with Gasteiger partial charge in [-0.2, -0.15) is 13.2 Å². The molecule has 4 rings (SSSR count). The van der Waals surface area contributed by atoms with E-state index in [0.29, 0.717) is 22.8 Å². The van der Waals surface area contributed by atoms with Crippen molar-refractivity contribution in [1.82, 2.24) is 15.0 Å². The standard InChI is InChI=1S/C26H20F3N5O2/c1-3-16-12-17(23(35)33-19-7-4-6-18(15-19)26(27,28)29)14-20(13-16)36-24-21(8-5-10-31-24)22-9-11-32-25(30-2)34-22/h3-15H,1H2,2H3,(H,33,35)(H,30,32,34). The maximum absolute atomic E-state index is 13.0. The Hall–Kier alpha value is -4.73. The Morgan fingerprint density at radius 2 is 1.86 bits per heavy atom. The number of pyridine rings is 1. The first-order chi connectivity index (χ1) is 17.3. The average Bonchev–Trinajstić information content (AvgIpc) is 2.88. The molecular weight excluding hydrogens is 471 g/mol. The maximum Gasteiger partial charge on any atom is 0.416 e. The molecule has 182 valence electrons. The lowest BCUT2D eigenvalue weighted by atomic mass is 10.1. The molecule has 0 spiro atoms. The first-order valence-corrected chi connectivity index (χ1v) is 10.7. The second-order valence-corrected chi connectivity index (χ2v) is 7.50. The predicted molar refractivity (Wildman–Crippen MR) is 131 cm³/mol. The number of halogens is 3. The van der Waals surface area contributed by atoms with Gasteiger partial charge in [-0.15, -0.1) is 0 Å². The third kappa shape index (κ3) is 5.66. The van der Waals surface area contributed by atoms with Crippen LogP contribution in [0.3, 0.4) is 0 Å². The molecule has 0 saturated heterocycles. The van der Waals surface area contributed by atoms with E-state index in [4.69, 9.17) is 4.74 Å². The van der Waals surface area contributed by atoms with Gasteiger partial charge in [-0.05, 0) is 60.2 Å². The number of nitrogens with zero attached hydrogens (tertiary/aromatic N) is 3. The van der Waals surface area contributed by atoms with Crippen LogP contribution >= 0.6 is 0 Å². The third-order valence-electron chi connectivity index (χ3n) is 5.02. The molecule has 0 fully saturated rings. The molecule has 2 aromatic heterocycles. The van der Waals surface area contributed by atoms with Gasteiger partial charge in [-0.3, -0.25) is 4.79 Å². The van der Waals surface area contributed by atoms with Gasteiger partial charge in [0.05, 0.1) is 16.8 Å². The second kappa shape index (κ2) is 10.3. The summed E-state index contributed by atoms with van der Waals surface area (Å²) in [5.74, 6) is 0.330. The zero-order valence-corrected chi connectivity index (χ0v) is 19.0. The number of hydrogen-bond acceptors (Lipinski definition) is 6. The lowest BCUT2D eigenvalue weighted by Gasteiger charge is -2.13. The molecule has 0 bridgehead atoms. The van der Waals surface area contributed by atoms with Gasteiger partial charge in [0.15, 0.2) is 0 Å². The summed E-state index contributed by atoms with van der Waals surface area (Å²) in [5.41, 5.74) is 1.04. The number of carbonyl (C=O) groups excluding carboxylic acids is 1. The van der Waals surface area contributed by atoms with E-state index < -0.39 is 17.6 Å². The number of carbonyl (C=O) groups is 1. The molecule has 10 heteroatoms. The van der Waals surface area contributed by atoms with Crippen molar-refractivity contribution in [2.45, 2.75) is 6.18 Å². The summed E-state index contributed by atoms with van der Waals surface area (Å²) in [6.07, 6.45) is 0.149. The molecule has 0 atom stereocenters. The number of ether oxygens (including phenoxy) is 1. The number of anilines is 2. The van der Waals surface area contributed by atoms with E-state index in [9.17, 15) is 18.0 Å². The van der Waals surface area contributed by atoms with Crippen molar-refractivity contribution in [2.24, 2.45) is 0 Å². The van der Waals surface area contributed by atoms with Crippen LogP contribution in [0.15, 0.2) is 79.6 Å². The van der Waals surface area contributed by atoms with Crippen molar-refractivity contribution in [3.63, 3.8) is 0 Å². The van der Waals surface area contributed by atoms with Crippen LogP contribution in [-0.4, -0.2) is 27.9 Å². The topological polar surface area (TPSA) is 89.0 Å². The molecule has 4 aromatic rings. The van der Waals surface area contributed by atoms with Crippen LogP contribution in [0.2, 0.25) is 0 Å². The fraction of sp³-hybridized carbons (Fsp3) is 0.0769. The Labute approximate surface area is 204 Å². The summed E-state index contributed by atoms with van der Waals surface area (Å²) >= 11 is 0. The third-order valence-corrected chi connectivity index (χ3v) is 5.02. The number of aromatic nitrogens is 3. The number of benzene rings is 2. The first kappa shape index (κ1) is 24.4. The zero-order valence-electron chi connectivity index (χ0n) is 19.0. The van der Waals surface area contributed by atoms with Crippen LogP contribution in [0.1, 0.15) is 21.5 Å². The van der Waals surface area contributed by atoms with Crippen LogP contribution in [0.25, 0.3) is 17.3 Å². The van der Waals surface area contributed by atoms with Crippen molar-refractivity contribution in [3.8, 4) is 22.9 Å². The number of nitrogens with one attached hydrogen (secondary N) is 2. The van der Waals surface area contributed by atoms with Crippen molar-refractivity contribution >= 4 is 23.6 Å². The largest absolute Gasteiger partial charge is 0.438 e. The fourth-order valence-corrected chi connectivity index (χ4v) is 3.31. The van der Waals surface area contributed by atoms with Crippen molar-refractivity contribution in [3.05, 3.63) is 96.3 Å². The molecule has 2 N–H and O–H groups in total. The van der Waals surface area contributed by atoms with Gasteiger partial charge in [0.2, 0.25) is 11.8 Å². The Balaban J connectivity index is 1.63. The minimum absolute atomic E-state index is 0.0115. The Morgan fingerprint density at radius 3 is 2.61 bits per heavy atom. The van der Waals surface area contributed by atoms with Gasteiger partial charge in [0, 0.05) is 30.7 Å². The molecule has 0 saturated carbocycles. The number of rotatable bonds is 7. The SMILES string of the molecule is C=Cc1cc(Oc2ncccc2-c2ccnc(NC)n2)cc(C(=O)Nc2cccc(C(F)(F)F)c2)c1. The van der Waals surface area contributed by atoms with Gasteiger partial charge in [-0.1, -0.05) is 18.7 Å². The molecule has 2 aromatic carbocycles. The Kier molecular flexibility index (Phi) is 6.95. The van der Waals surface area contributed by atoms with Crippen LogP contribution in [0, 0.1) is 0 Å². The lowest BCUT2D eigenvalue weighted by Crippen LogP contribution is -2.13. The summed E-state index contributed by atoms with van der Waals surface area (Å²) < 4.78 is 45.1. The van der Waals surface area contributed by atoms with E-state index in [2.05, 4.69) is 32.2 Å². The maximum atomic E-state index is 13.0. The van der Waals surface area contributed by atoms with Crippen LogP contribution < -0.4 is 15.4 Å². The average molecular weight is 491 g/mol. The van der Waals surface area contributed by atoms with Crippen molar-refractivity contribution < 1.29 is 22.7 Å². The molecule has 2 heterocycles. The summed E-state index contributed by atoms with van der Waals surface area (Å²) in [6, 6.07) is 14.3. The smallest absolute Gasteiger partial charge is 0.416 e. The van der Waals surface area contributed by atoms with Gasteiger partial charge >= 0.3 is 6.18 Å². The van der Waals surface area contributed by atoms with E-state index in [0.717, 1.165) is 12.1 Å². The Bertz CT molecular complexity index is 1420. The lowest BCUT2D eigenvalue weighted by molar-refractivity contribution is -0.137. The van der Waals surface area contributed by atoms with Gasteiger partial charge in [0.25, 0.3) is 5.91 Å². The highest BCUT2D eigenvalue weighted by molar-refractivity contribution is 6.05. The Morgan fingerprint density at radius 1 is 1.03 bits per heavy atom. The highest BCUT2D eigenvalue weighted by Crippen LogP contribution is 2.33. The molecule has 7 nitrogen and oxygen atoms in total. The van der Waals surface area contributed by atoms with Crippen molar-refractivity contribution in [1.29, 1.82) is 0 Å². The first-order valence-electron chi connectivity index (χ1n) is 10.7. The quantitative estimate of drug-likeness (QED) is 0.316. The zero-order chi connectivity index (χ0) is 25.7. The summed E-state index contributed by atoms with van der Waals surface area (Å²) in [6.45, 7) is 3.73. The monoisotopic (exact) mass is 491 g/mol. The molecule has 0 aliphatic heterocycles. The molecule has 0 aliphatic rings. The van der Waals surface area contributed by atoms with Crippen LogP contribution in [0.5, 0.6) is 11.6 Å². The minimum atomic E-state index is -4.53. The molecule has 1 amide bonds. The van der Waals surface area contributed by atoms with E-state index >= 15 is 0 Å².